The molecule has 2 aromatic carbocycles. The van der Waals surface area contributed by atoms with E-state index in [0.29, 0.717) is 11.7 Å². The van der Waals surface area contributed by atoms with Gasteiger partial charge in [0.15, 0.2) is 0 Å². The molecule has 1 saturated heterocycles. The maximum atomic E-state index is 14.1. The highest BCUT2D eigenvalue weighted by molar-refractivity contribution is 6.15. The van der Waals surface area contributed by atoms with Crippen LogP contribution in [-0.4, -0.2) is 35.5 Å². The number of amides is 1. The van der Waals surface area contributed by atoms with Crippen molar-refractivity contribution in [1.29, 1.82) is 0 Å². The van der Waals surface area contributed by atoms with Gasteiger partial charge in [-0.05, 0) is 67.9 Å². The Hall–Kier alpha value is -2.46. The zero-order valence-electron chi connectivity index (χ0n) is 17.6. The highest BCUT2D eigenvalue weighted by Gasteiger charge is 2.52. The molecule has 2 aromatic rings. The molecule has 30 heavy (non-hydrogen) atoms. The van der Waals surface area contributed by atoms with E-state index in [-0.39, 0.29) is 11.7 Å². The molecule has 2 heterocycles. The van der Waals surface area contributed by atoms with Crippen molar-refractivity contribution in [1.82, 2.24) is 4.90 Å². The monoisotopic (exact) mass is 404 g/mol. The van der Waals surface area contributed by atoms with Crippen LogP contribution in [0.25, 0.3) is 5.57 Å². The largest absolute Gasteiger partial charge is 0.300 e. The molecule has 0 aromatic heterocycles. The quantitative estimate of drug-likeness (QED) is 0.692. The highest BCUT2D eigenvalue weighted by Crippen LogP contribution is 2.49. The third-order valence-corrected chi connectivity index (χ3v) is 7.36. The normalized spacial score (nSPS) is 27.4. The molecular weight excluding hydrogens is 375 g/mol. The minimum absolute atomic E-state index is 0.0425. The number of piperidine rings is 1. The van der Waals surface area contributed by atoms with E-state index >= 15 is 0 Å². The zero-order valence-corrected chi connectivity index (χ0v) is 17.6. The van der Waals surface area contributed by atoms with Crippen LogP contribution in [-0.2, 0) is 4.79 Å². The summed E-state index contributed by atoms with van der Waals surface area (Å²) >= 11 is 0. The van der Waals surface area contributed by atoms with Crippen LogP contribution >= 0.6 is 0 Å². The predicted octanol–water partition coefficient (Wildman–Crippen LogP) is 5.28. The van der Waals surface area contributed by atoms with Gasteiger partial charge in [0.1, 0.15) is 5.82 Å². The van der Waals surface area contributed by atoms with Crippen LogP contribution in [0.3, 0.4) is 0 Å². The summed E-state index contributed by atoms with van der Waals surface area (Å²) in [6.07, 6.45) is 7.57. The highest BCUT2D eigenvalue weighted by atomic mass is 19.1. The van der Waals surface area contributed by atoms with Gasteiger partial charge in [0.25, 0.3) is 5.91 Å². The van der Waals surface area contributed by atoms with Gasteiger partial charge in [-0.25, -0.2) is 4.39 Å². The van der Waals surface area contributed by atoms with Gasteiger partial charge in [0, 0.05) is 30.9 Å². The van der Waals surface area contributed by atoms with Crippen molar-refractivity contribution in [3.05, 3.63) is 72.1 Å². The van der Waals surface area contributed by atoms with Crippen molar-refractivity contribution in [3.63, 3.8) is 0 Å². The average Bonchev–Trinajstić information content (AvgIpc) is 2.98. The van der Waals surface area contributed by atoms with Gasteiger partial charge in [0.2, 0.25) is 0 Å². The fourth-order valence-corrected chi connectivity index (χ4v) is 5.61. The maximum absolute atomic E-state index is 14.1. The summed E-state index contributed by atoms with van der Waals surface area (Å²) in [6, 6.07) is 17.1. The fourth-order valence-electron chi connectivity index (χ4n) is 5.61. The standard InChI is InChI=1S/C26H29FN2O/c1-19-17-26(13-14-28(19)18-20-7-5-8-20)24(21-9-3-2-4-10-21)16-25(30)29(26)23-12-6-11-22(27)15-23/h2-4,6,9-12,15-16,19-20H,5,7-8,13-14,17-18H2,1H3/t19-,26+/m0/s1. The first-order valence-corrected chi connectivity index (χ1v) is 11.2. The van der Waals surface area contributed by atoms with Gasteiger partial charge in [-0.15, -0.1) is 0 Å². The lowest BCUT2D eigenvalue weighted by atomic mass is 9.74. The Bertz CT molecular complexity index is 968. The van der Waals surface area contributed by atoms with Crippen molar-refractivity contribution >= 4 is 17.2 Å². The second-order valence-electron chi connectivity index (χ2n) is 9.20. The summed E-state index contributed by atoms with van der Waals surface area (Å²) < 4.78 is 14.1. The number of rotatable bonds is 4. The molecule has 156 valence electrons. The van der Waals surface area contributed by atoms with Crippen LogP contribution in [0.1, 0.15) is 44.6 Å². The Kier molecular flexibility index (Phi) is 4.98. The molecule has 4 heteroatoms. The summed E-state index contributed by atoms with van der Waals surface area (Å²) in [6.45, 7) is 4.41. The molecule has 2 atom stereocenters. The number of hydrogen-bond acceptors (Lipinski definition) is 2. The number of likely N-dealkylation sites (tertiary alicyclic amines) is 1. The second kappa shape index (κ2) is 7.66. The number of halogens is 1. The van der Waals surface area contributed by atoms with Gasteiger partial charge < -0.3 is 4.90 Å². The molecule has 2 fully saturated rings. The van der Waals surface area contributed by atoms with Gasteiger partial charge in [-0.1, -0.05) is 42.8 Å². The summed E-state index contributed by atoms with van der Waals surface area (Å²) in [4.78, 5) is 17.8. The first-order chi connectivity index (χ1) is 14.6. The van der Waals surface area contributed by atoms with Crippen LogP contribution in [0, 0.1) is 11.7 Å². The van der Waals surface area contributed by atoms with E-state index in [2.05, 4.69) is 24.0 Å². The number of carbonyl (C=O) groups excluding carboxylic acids is 1. The lowest BCUT2D eigenvalue weighted by Crippen LogP contribution is -2.58. The predicted molar refractivity (Wildman–Crippen MR) is 119 cm³/mol. The van der Waals surface area contributed by atoms with E-state index in [4.69, 9.17) is 0 Å². The average molecular weight is 405 g/mol. The van der Waals surface area contributed by atoms with Gasteiger partial charge in [-0.2, -0.15) is 0 Å². The lowest BCUT2D eigenvalue weighted by molar-refractivity contribution is -0.114. The molecule has 1 amide bonds. The van der Waals surface area contributed by atoms with Crippen molar-refractivity contribution in [2.45, 2.75) is 50.6 Å². The smallest absolute Gasteiger partial charge is 0.252 e. The molecule has 1 spiro atoms. The molecule has 0 bridgehead atoms. The number of nitrogens with zero attached hydrogens (tertiary/aromatic N) is 2. The van der Waals surface area contributed by atoms with E-state index < -0.39 is 5.54 Å². The molecule has 0 radical (unpaired) electrons. The minimum Gasteiger partial charge on any atom is -0.300 e. The molecule has 1 saturated carbocycles. The van der Waals surface area contributed by atoms with E-state index in [1.807, 2.05) is 29.2 Å². The van der Waals surface area contributed by atoms with Crippen LogP contribution in [0.4, 0.5) is 10.1 Å². The van der Waals surface area contributed by atoms with Crippen LogP contribution in [0.15, 0.2) is 60.7 Å². The van der Waals surface area contributed by atoms with Crippen LogP contribution < -0.4 is 4.90 Å². The van der Waals surface area contributed by atoms with Crippen molar-refractivity contribution in [2.75, 3.05) is 18.0 Å². The summed E-state index contributed by atoms with van der Waals surface area (Å²) in [7, 11) is 0. The molecule has 0 N–H and O–H groups in total. The Labute approximate surface area is 178 Å². The van der Waals surface area contributed by atoms with Crippen LogP contribution in [0.2, 0.25) is 0 Å². The summed E-state index contributed by atoms with van der Waals surface area (Å²) in [5.41, 5.74) is 2.39. The van der Waals surface area contributed by atoms with Gasteiger partial charge in [0.05, 0.1) is 5.54 Å². The van der Waals surface area contributed by atoms with Gasteiger partial charge >= 0.3 is 0 Å². The molecule has 0 unspecified atom stereocenters. The number of carbonyl (C=O) groups is 1. The minimum atomic E-state index is -0.429. The van der Waals surface area contributed by atoms with Crippen molar-refractivity contribution < 1.29 is 9.18 Å². The first kappa shape index (κ1) is 19.5. The molecule has 2 aliphatic heterocycles. The van der Waals surface area contributed by atoms with Crippen LogP contribution in [0.5, 0.6) is 0 Å². The van der Waals surface area contributed by atoms with E-state index in [9.17, 15) is 9.18 Å². The van der Waals surface area contributed by atoms with Crippen molar-refractivity contribution in [3.8, 4) is 0 Å². The fraction of sp³-hybridized carbons (Fsp3) is 0.423. The summed E-state index contributed by atoms with van der Waals surface area (Å²) in [5.74, 6) is 0.480. The first-order valence-electron chi connectivity index (χ1n) is 11.2. The number of hydrogen-bond donors (Lipinski definition) is 0. The van der Waals surface area contributed by atoms with E-state index in [1.165, 1.54) is 31.4 Å². The molecule has 3 nitrogen and oxygen atoms in total. The third kappa shape index (κ3) is 3.27. The van der Waals surface area contributed by atoms with Crippen molar-refractivity contribution in [2.24, 2.45) is 5.92 Å². The number of anilines is 1. The van der Waals surface area contributed by atoms with E-state index in [0.717, 1.165) is 43.0 Å². The Balaban J connectivity index is 1.53. The zero-order chi connectivity index (χ0) is 20.7. The Morgan fingerprint density at radius 3 is 2.57 bits per heavy atom. The Morgan fingerprint density at radius 2 is 1.90 bits per heavy atom. The maximum Gasteiger partial charge on any atom is 0.252 e. The third-order valence-electron chi connectivity index (χ3n) is 7.36. The SMILES string of the molecule is C[C@H]1C[C@]2(CCN1CC1CCC1)C(c1ccccc1)=CC(=O)N2c1cccc(F)c1. The second-order valence-corrected chi connectivity index (χ2v) is 9.20. The summed E-state index contributed by atoms with van der Waals surface area (Å²) in [5, 5.41) is 0. The number of benzene rings is 2. The van der Waals surface area contributed by atoms with Gasteiger partial charge in [-0.3, -0.25) is 9.69 Å². The Morgan fingerprint density at radius 1 is 1.10 bits per heavy atom. The van der Waals surface area contributed by atoms with E-state index in [1.54, 1.807) is 12.1 Å². The molecule has 1 aliphatic carbocycles. The lowest BCUT2D eigenvalue weighted by Gasteiger charge is -2.50. The molecular formula is C26H29FN2O. The molecule has 3 aliphatic rings. The molecule has 5 rings (SSSR count). The topological polar surface area (TPSA) is 23.6 Å².